The van der Waals surface area contributed by atoms with Gasteiger partial charge in [0.05, 0.1) is 25.7 Å². The minimum atomic E-state index is -0.435. The van der Waals surface area contributed by atoms with Gasteiger partial charge in [0, 0.05) is 56.2 Å². The average molecular weight is 457 g/mol. The van der Waals surface area contributed by atoms with E-state index in [1.54, 1.807) is 0 Å². The fourth-order valence-corrected chi connectivity index (χ4v) is 5.66. The molecule has 2 atom stereocenters. The Hall–Kier alpha value is -2.28. The number of fused-ring (bicyclic) bond motifs is 1. The van der Waals surface area contributed by atoms with Crippen LogP contribution in [0.25, 0.3) is 0 Å². The largest absolute Gasteiger partial charge is 0.487 e. The molecule has 5 rings (SSSR count). The molecule has 32 heavy (non-hydrogen) atoms. The number of hydrogen-bond acceptors (Lipinski definition) is 6. The van der Waals surface area contributed by atoms with Crippen LogP contribution in [-0.2, 0) is 22.4 Å². The minimum absolute atomic E-state index is 0.0664. The summed E-state index contributed by atoms with van der Waals surface area (Å²) in [4.78, 5) is 16.4. The molecule has 0 saturated carbocycles. The monoisotopic (exact) mass is 456 g/mol. The molecule has 0 amide bonds. The Morgan fingerprint density at radius 2 is 2.00 bits per heavy atom. The van der Waals surface area contributed by atoms with Gasteiger partial charge < -0.3 is 19.5 Å². The summed E-state index contributed by atoms with van der Waals surface area (Å²) in [6.07, 6.45) is 2.56. The van der Waals surface area contributed by atoms with E-state index in [4.69, 9.17) is 21.1 Å². The molecule has 0 aromatic heterocycles. The topological polar surface area (TPSA) is 62.2 Å². The summed E-state index contributed by atoms with van der Waals surface area (Å²) >= 11 is 6.17. The third-order valence-corrected chi connectivity index (χ3v) is 7.43. The second-order valence-electron chi connectivity index (χ2n) is 9.17. The first-order chi connectivity index (χ1) is 15.5. The highest BCUT2D eigenvalue weighted by Gasteiger charge is 2.45. The summed E-state index contributed by atoms with van der Waals surface area (Å²) in [5.74, 6) is 0.700. The van der Waals surface area contributed by atoms with Gasteiger partial charge >= 0.3 is 5.97 Å². The lowest BCUT2D eigenvalue weighted by atomic mass is 9.86. The molecule has 7 heteroatoms. The van der Waals surface area contributed by atoms with Crippen molar-refractivity contribution < 1.29 is 19.4 Å². The zero-order valence-corrected chi connectivity index (χ0v) is 19.1. The summed E-state index contributed by atoms with van der Waals surface area (Å²) < 4.78 is 11.2. The number of methoxy groups -OCH3 is 1. The van der Waals surface area contributed by atoms with Crippen LogP contribution in [0.5, 0.6) is 5.75 Å². The second-order valence-corrected chi connectivity index (χ2v) is 9.61. The summed E-state index contributed by atoms with van der Waals surface area (Å²) in [6.45, 7) is 3.08. The predicted octanol–water partition coefficient (Wildman–Crippen LogP) is 3.07. The van der Waals surface area contributed by atoms with Crippen LogP contribution < -0.4 is 9.64 Å². The van der Waals surface area contributed by atoms with Crippen LogP contribution in [0.15, 0.2) is 42.5 Å². The Morgan fingerprint density at radius 1 is 1.22 bits per heavy atom. The quantitative estimate of drug-likeness (QED) is 0.713. The first-order valence-electron chi connectivity index (χ1n) is 11.3. The molecule has 3 aliphatic heterocycles. The van der Waals surface area contributed by atoms with Crippen molar-refractivity contribution in [1.82, 2.24) is 4.90 Å². The van der Waals surface area contributed by atoms with Crippen LogP contribution in [0.4, 0.5) is 5.69 Å². The number of β-amino-alcohol motifs (C(OH)–C–C–N with tert-alkyl or cyclic N) is 1. The fourth-order valence-electron chi connectivity index (χ4n) is 5.47. The number of benzene rings is 2. The number of ether oxygens (including phenoxy) is 2. The first-order valence-corrected chi connectivity index (χ1v) is 11.6. The van der Waals surface area contributed by atoms with E-state index in [1.807, 2.05) is 42.5 Å². The van der Waals surface area contributed by atoms with Crippen molar-refractivity contribution in [2.75, 3.05) is 38.2 Å². The fraction of sp³-hybridized carbons (Fsp3) is 0.480. The SMILES string of the molecule is COC(=O)Cc1ccccc1N1CC(O)C(N2CCC3(CC2)Cc2cc(Cl)ccc2O3)C1. The Balaban J connectivity index is 1.24. The average Bonchev–Trinajstić information content (AvgIpc) is 3.34. The number of hydrogen-bond donors (Lipinski definition) is 1. The zero-order valence-electron chi connectivity index (χ0n) is 18.3. The van der Waals surface area contributed by atoms with Gasteiger partial charge in [0.1, 0.15) is 11.4 Å². The maximum atomic E-state index is 11.8. The predicted molar refractivity (Wildman–Crippen MR) is 123 cm³/mol. The molecule has 0 aliphatic carbocycles. The number of likely N-dealkylation sites (tertiary alicyclic amines) is 1. The normalized spacial score (nSPS) is 24.4. The molecule has 170 valence electrons. The molecular formula is C25H29ClN2O4. The molecule has 3 heterocycles. The van der Waals surface area contributed by atoms with Gasteiger partial charge in [0.25, 0.3) is 0 Å². The van der Waals surface area contributed by atoms with Gasteiger partial charge in [-0.3, -0.25) is 9.69 Å². The van der Waals surface area contributed by atoms with Gasteiger partial charge in [0.2, 0.25) is 0 Å². The second kappa shape index (κ2) is 8.58. The number of halogens is 1. The van der Waals surface area contributed by atoms with Gasteiger partial charge in [-0.25, -0.2) is 0 Å². The molecule has 2 saturated heterocycles. The third kappa shape index (κ3) is 4.07. The number of anilines is 1. The Bertz CT molecular complexity index is 1010. The van der Waals surface area contributed by atoms with Gasteiger partial charge in [-0.1, -0.05) is 29.8 Å². The molecule has 2 aromatic carbocycles. The standard InChI is InChI=1S/C25H29ClN2O4/c1-31-24(30)13-17-4-2-3-5-20(17)28-15-21(22(29)16-28)27-10-8-25(9-11-27)14-18-12-19(26)6-7-23(18)32-25/h2-7,12,21-22,29H,8-11,13-16H2,1H3. The molecule has 1 spiro atoms. The van der Waals surface area contributed by atoms with Crippen molar-refractivity contribution >= 4 is 23.3 Å². The van der Waals surface area contributed by atoms with Crippen molar-refractivity contribution in [3.63, 3.8) is 0 Å². The van der Waals surface area contributed by atoms with Crippen LogP contribution >= 0.6 is 11.6 Å². The van der Waals surface area contributed by atoms with Crippen LogP contribution in [0.3, 0.4) is 0 Å². The highest BCUT2D eigenvalue weighted by molar-refractivity contribution is 6.30. The maximum absolute atomic E-state index is 11.8. The van der Waals surface area contributed by atoms with Crippen LogP contribution in [0, 0.1) is 0 Å². The number of aliphatic hydroxyl groups excluding tert-OH is 1. The van der Waals surface area contributed by atoms with E-state index < -0.39 is 6.10 Å². The number of nitrogens with zero attached hydrogens (tertiary/aromatic N) is 2. The maximum Gasteiger partial charge on any atom is 0.310 e. The number of aliphatic hydroxyl groups is 1. The van der Waals surface area contributed by atoms with E-state index >= 15 is 0 Å². The van der Waals surface area contributed by atoms with Crippen molar-refractivity contribution in [3.05, 3.63) is 58.6 Å². The van der Waals surface area contributed by atoms with Crippen LogP contribution in [0.1, 0.15) is 24.0 Å². The molecule has 1 N–H and O–H groups in total. The Kier molecular flexibility index (Phi) is 5.78. The number of carbonyl (C=O) groups is 1. The summed E-state index contributed by atoms with van der Waals surface area (Å²) in [7, 11) is 1.41. The van der Waals surface area contributed by atoms with Gasteiger partial charge in [-0.2, -0.15) is 0 Å². The number of para-hydroxylation sites is 1. The molecule has 0 bridgehead atoms. The highest BCUT2D eigenvalue weighted by atomic mass is 35.5. The molecule has 0 radical (unpaired) electrons. The van der Waals surface area contributed by atoms with Crippen molar-refractivity contribution in [3.8, 4) is 5.75 Å². The van der Waals surface area contributed by atoms with Crippen molar-refractivity contribution in [2.24, 2.45) is 0 Å². The summed E-state index contributed by atoms with van der Waals surface area (Å²) in [5.41, 5.74) is 2.97. The van der Waals surface area contributed by atoms with Crippen LogP contribution in [0.2, 0.25) is 5.02 Å². The molecule has 2 aromatic rings. The van der Waals surface area contributed by atoms with Gasteiger partial charge in [-0.05, 0) is 35.4 Å². The molecule has 2 fully saturated rings. The Labute approximate surface area is 193 Å². The van der Waals surface area contributed by atoms with E-state index in [2.05, 4.69) is 9.80 Å². The van der Waals surface area contributed by atoms with Crippen molar-refractivity contribution in [2.45, 2.75) is 43.4 Å². The number of carbonyl (C=O) groups excluding carboxylic acids is 1. The van der Waals surface area contributed by atoms with Gasteiger partial charge in [0.15, 0.2) is 0 Å². The molecule has 6 nitrogen and oxygen atoms in total. The van der Waals surface area contributed by atoms with Gasteiger partial charge in [-0.15, -0.1) is 0 Å². The van der Waals surface area contributed by atoms with Crippen molar-refractivity contribution in [1.29, 1.82) is 0 Å². The molecule has 3 aliphatic rings. The number of piperidine rings is 1. The minimum Gasteiger partial charge on any atom is -0.487 e. The van der Waals surface area contributed by atoms with E-state index in [-0.39, 0.29) is 24.0 Å². The van der Waals surface area contributed by atoms with E-state index in [0.29, 0.717) is 6.54 Å². The molecule has 2 unspecified atom stereocenters. The molecular weight excluding hydrogens is 428 g/mol. The number of rotatable bonds is 4. The summed E-state index contributed by atoms with van der Waals surface area (Å²) in [5, 5.41) is 11.7. The lowest BCUT2D eigenvalue weighted by molar-refractivity contribution is -0.139. The van der Waals surface area contributed by atoms with E-state index in [0.717, 1.165) is 60.9 Å². The Morgan fingerprint density at radius 3 is 2.78 bits per heavy atom. The van der Waals surface area contributed by atoms with E-state index in [1.165, 1.54) is 12.7 Å². The third-order valence-electron chi connectivity index (χ3n) is 7.19. The highest BCUT2D eigenvalue weighted by Crippen LogP contribution is 2.42. The lowest BCUT2D eigenvalue weighted by Crippen LogP contribution is -2.53. The lowest BCUT2D eigenvalue weighted by Gasteiger charge is -2.41. The number of esters is 1. The smallest absolute Gasteiger partial charge is 0.310 e. The first kappa shape index (κ1) is 21.6. The van der Waals surface area contributed by atoms with Crippen LogP contribution in [-0.4, -0.2) is 67.0 Å². The summed E-state index contributed by atoms with van der Waals surface area (Å²) in [6, 6.07) is 13.8. The zero-order chi connectivity index (χ0) is 22.3. The van der Waals surface area contributed by atoms with E-state index in [9.17, 15) is 9.90 Å².